The van der Waals surface area contributed by atoms with Crippen LogP contribution in [0.3, 0.4) is 0 Å². The molecule has 20 heavy (non-hydrogen) atoms. The number of alkyl halides is 3. The van der Waals surface area contributed by atoms with Gasteiger partial charge in [0.05, 0.1) is 16.3 Å². The Hall–Kier alpha value is -2.02. The van der Waals surface area contributed by atoms with Gasteiger partial charge in [0.15, 0.2) is 5.69 Å². The van der Waals surface area contributed by atoms with Crippen LogP contribution in [0.4, 0.5) is 18.9 Å². The van der Waals surface area contributed by atoms with Crippen LogP contribution in [0.1, 0.15) is 21.7 Å². The van der Waals surface area contributed by atoms with E-state index in [9.17, 15) is 18.0 Å². The summed E-state index contributed by atoms with van der Waals surface area (Å²) in [5.41, 5.74) is -0.288. The van der Waals surface area contributed by atoms with Gasteiger partial charge in [0, 0.05) is 5.69 Å². The van der Waals surface area contributed by atoms with Gasteiger partial charge in [-0.25, -0.2) is 0 Å². The SMILES string of the molecule is Cc1cc(C(=O)Nc2cc(C(F)(F)F)ccc2Cl)n[nH]1. The lowest BCUT2D eigenvalue weighted by Crippen LogP contribution is -2.14. The number of aromatic amines is 1. The lowest BCUT2D eigenvalue weighted by Gasteiger charge is -2.10. The summed E-state index contributed by atoms with van der Waals surface area (Å²) in [4.78, 5) is 11.8. The summed E-state index contributed by atoms with van der Waals surface area (Å²) in [6.45, 7) is 1.70. The maximum absolute atomic E-state index is 12.6. The molecule has 1 heterocycles. The normalized spacial score (nSPS) is 11.4. The van der Waals surface area contributed by atoms with E-state index in [4.69, 9.17) is 11.6 Å². The van der Waals surface area contributed by atoms with Gasteiger partial charge in [-0.15, -0.1) is 0 Å². The topological polar surface area (TPSA) is 57.8 Å². The van der Waals surface area contributed by atoms with Crippen LogP contribution in [0.5, 0.6) is 0 Å². The number of halogens is 4. The average Bonchev–Trinajstić information content (AvgIpc) is 2.77. The minimum absolute atomic E-state index is 0.0126. The number of anilines is 1. The molecule has 0 aliphatic carbocycles. The summed E-state index contributed by atoms with van der Waals surface area (Å²) in [6, 6.07) is 4.17. The van der Waals surface area contributed by atoms with E-state index in [1.807, 2.05) is 0 Å². The molecule has 0 atom stereocenters. The molecule has 0 aliphatic heterocycles. The van der Waals surface area contributed by atoms with Gasteiger partial charge in [-0.1, -0.05) is 11.6 Å². The highest BCUT2D eigenvalue weighted by Gasteiger charge is 2.31. The third-order valence-corrected chi connectivity index (χ3v) is 2.81. The standard InChI is InChI=1S/C12H9ClF3N3O/c1-6-4-10(19-18-6)11(20)17-9-5-7(12(14,15)16)2-3-8(9)13/h2-5H,1H3,(H,17,20)(H,18,19). The molecule has 2 aromatic rings. The van der Waals surface area contributed by atoms with Gasteiger partial charge < -0.3 is 5.32 Å². The van der Waals surface area contributed by atoms with Crippen molar-refractivity contribution in [2.75, 3.05) is 5.32 Å². The second kappa shape index (κ2) is 5.16. The summed E-state index contributed by atoms with van der Waals surface area (Å²) in [5, 5.41) is 8.58. The molecule has 0 spiro atoms. The van der Waals surface area contributed by atoms with Gasteiger partial charge in [-0.3, -0.25) is 9.89 Å². The molecule has 0 unspecified atom stereocenters. The van der Waals surface area contributed by atoms with Gasteiger partial charge in [0.25, 0.3) is 5.91 Å². The van der Waals surface area contributed by atoms with E-state index in [2.05, 4.69) is 15.5 Å². The zero-order valence-corrected chi connectivity index (χ0v) is 10.9. The molecule has 0 radical (unpaired) electrons. The number of benzene rings is 1. The molecule has 1 aromatic heterocycles. The number of carbonyl (C=O) groups is 1. The van der Waals surface area contributed by atoms with E-state index in [1.165, 1.54) is 6.07 Å². The number of nitrogens with one attached hydrogen (secondary N) is 2. The highest BCUT2D eigenvalue weighted by molar-refractivity contribution is 6.33. The monoisotopic (exact) mass is 303 g/mol. The Bertz CT molecular complexity index is 652. The smallest absolute Gasteiger partial charge is 0.319 e. The molecule has 0 bridgehead atoms. The van der Waals surface area contributed by atoms with E-state index in [-0.39, 0.29) is 16.4 Å². The summed E-state index contributed by atoms with van der Waals surface area (Å²) in [7, 11) is 0. The summed E-state index contributed by atoms with van der Waals surface area (Å²) in [6.07, 6.45) is -4.51. The molecule has 0 fully saturated rings. The zero-order chi connectivity index (χ0) is 14.9. The third kappa shape index (κ3) is 3.11. The van der Waals surface area contributed by atoms with Crippen molar-refractivity contribution in [3.05, 3.63) is 46.2 Å². The van der Waals surface area contributed by atoms with Crippen LogP contribution in [-0.2, 0) is 6.18 Å². The van der Waals surface area contributed by atoms with Crippen LogP contribution in [0.2, 0.25) is 5.02 Å². The van der Waals surface area contributed by atoms with Crippen LogP contribution in [0.25, 0.3) is 0 Å². The van der Waals surface area contributed by atoms with Gasteiger partial charge in [0.1, 0.15) is 0 Å². The largest absolute Gasteiger partial charge is 0.416 e. The fourth-order valence-corrected chi connectivity index (χ4v) is 1.68. The fraction of sp³-hybridized carbons (Fsp3) is 0.167. The maximum Gasteiger partial charge on any atom is 0.416 e. The highest BCUT2D eigenvalue weighted by Crippen LogP contribution is 2.33. The molecule has 1 amide bonds. The molecule has 2 rings (SSSR count). The summed E-state index contributed by atoms with van der Waals surface area (Å²) in [5.74, 6) is -0.643. The van der Waals surface area contributed by atoms with Crippen molar-refractivity contribution in [2.45, 2.75) is 13.1 Å². The van der Waals surface area contributed by atoms with Gasteiger partial charge in [0.2, 0.25) is 0 Å². The summed E-state index contributed by atoms with van der Waals surface area (Å²) >= 11 is 5.77. The Morgan fingerprint density at radius 2 is 2.05 bits per heavy atom. The number of H-pyrrole nitrogens is 1. The van der Waals surface area contributed by atoms with Crippen molar-refractivity contribution in [1.29, 1.82) is 0 Å². The fourth-order valence-electron chi connectivity index (χ4n) is 1.52. The van der Waals surface area contributed by atoms with Crippen LogP contribution in [-0.4, -0.2) is 16.1 Å². The molecule has 4 nitrogen and oxygen atoms in total. The molecule has 0 aliphatic rings. The van der Waals surface area contributed by atoms with E-state index in [0.717, 1.165) is 18.2 Å². The van der Waals surface area contributed by atoms with Crippen molar-refractivity contribution < 1.29 is 18.0 Å². The first-order valence-corrected chi connectivity index (χ1v) is 5.85. The quantitative estimate of drug-likeness (QED) is 0.890. The molecular weight excluding hydrogens is 295 g/mol. The Labute approximate surface area is 116 Å². The lowest BCUT2D eigenvalue weighted by atomic mass is 10.2. The number of rotatable bonds is 2. The van der Waals surface area contributed by atoms with E-state index >= 15 is 0 Å². The van der Waals surface area contributed by atoms with Gasteiger partial charge >= 0.3 is 6.18 Å². The molecule has 0 saturated carbocycles. The van der Waals surface area contributed by atoms with Crippen LogP contribution < -0.4 is 5.32 Å². The van der Waals surface area contributed by atoms with Crippen LogP contribution in [0, 0.1) is 6.92 Å². The Morgan fingerprint density at radius 3 is 2.60 bits per heavy atom. The van der Waals surface area contributed by atoms with Crippen molar-refractivity contribution in [1.82, 2.24) is 10.2 Å². The molecular formula is C12H9ClF3N3O. The van der Waals surface area contributed by atoms with Crippen LogP contribution in [0.15, 0.2) is 24.3 Å². The molecule has 0 saturated heterocycles. The van der Waals surface area contributed by atoms with Crippen molar-refractivity contribution in [3.63, 3.8) is 0 Å². The summed E-state index contributed by atoms with van der Waals surface area (Å²) < 4.78 is 37.8. The second-order valence-corrected chi connectivity index (χ2v) is 4.49. The number of hydrogen-bond acceptors (Lipinski definition) is 2. The molecule has 8 heteroatoms. The Morgan fingerprint density at radius 1 is 1.35 bits per heavy atom. The second-order valence-electron chi connectivity index (χ2n) is 4.08. The first kappa shape index (κ1) is 14.4. The van der Waals surface area contributed by atoms with E-state index in [1.54, 1.807) is 6.92 Å². The Kier molecular flexibility index (Phi) is 3.71. The number of carbonyl (C=O) groups excluding carboxylic acids is 1. The predicted molar refractivity (Wildman–Crippen MR) is 67.7 cm³/mol. The number of aromatic nitrogens is 2. The molecule has 106 valence electrons. The number of hydrogen-bond donors (Lipinski definition) is 2. The lowest BCUT2D eigenvalue weighted by molar-refractivity contribution is -0.137. The maximum atomic E-state index is 12.6. The molecule has 1 aromatic carbocycles. The Balaban J connectivity index is 2.27. The number of amides is 1. The van der Waals surface area contributed by atoms with E-state index in [0.29, 0.717) is 5.69 Å². The van der Waals surface area contributed by atoms with Crippen molar-refractivity contribution in [3.8, 4) is 0 Å². The number of nitrogens with zero attached hydrogens (tertiary/aromatic N) is 1. The predicted octanol–water partition coefficient (Wildman–Crippen LogP) is 3.64. The van der Waals surface area contributed by atoms with Crippen molar-refractivity contribution >= 4 is 23.2 Å². The third-order valence-electron chi connectivity index (χ3n) is 2.48. The minimum atomic E-state index is -4.51. The van der Waals surface area contributed by atoms with E-state index < -0.39 is 17.6 Å². The highest BCUT2D eigenvalue weighted by atomic mass is 35.5. The molecule has 2 N–H and O–H groups in total. The van der Waals surface area contributed by atoms with Gasteiger partial charge in [-0.05, 0) is 31.2 Å². The van der Waals surface area contributed by atoms with Gasteiger partial charge in [-0.2, -0.15) is 18.3 Å². The number of aryl methyl sites for hydroxylation is 1. The first-order chi connectivity index (χ1) is 9.27. The first-order valence-electron chi connectivity index (χ1n) is 5.47. The zero-order valence-electron chi connectivity index (χ0n) is 10.2. The van der Waals surface area contributed by atoms with Crippen molar-refractivity contribution in [2.24, 2.45) is 0 Å². The average molecular weight is 304 g/mol. The van der Waals surface area contributed by atoms with Crippen LogP contribution >= 0.6 is 11.6 Å². The minimum Gasteiger partial charge on any atom is -0.319 e.